The van der Waals surface area contributed by atoms with Gasteiger partial charge >= 0.3 is 0 Å². The molecule has 1 aromatic rings. The van der Waals surface area contributed by atoms with Gasteiger partial charge in [-0.05, 0) is 37.0 Å². The fourth-order valence-corrected chi connectivity index (χ4v) is 2.01. The first-order chi connectivity index (χ1) is 10.1. The third kappa shape index (κ3) is 5.91. The van der Waals surface area contributed by atoms with Crippen LogP contribution in [0.25, 0.3) is 0 Å². The Kier molecular flexibility index (Phi) is 7.14. The highest BCUT2D eigenvalue weighted by molar-refractivity contribution is 5.93. The molecule has 2 amide bonds. The van der Waals surface area contributed by atoms with Crippen LogP contribution in [0.1, 0.15) is 29.6 Å². The predicted octanol–water partition coefficient (Wildman–Crippen LogP) is 0.830. The van der Waals surface area contributed by atoms with Gasteiger partial charge in [0.2, 0.25) is 11.8 Å². The van der Waals surface area contributed by atoms with E-state index in [4.69, 9.17) is 16.2 Å². The van der Waals surface area contributed by atoms with Crippen LogP contribution >= 0.6 is 12.4 Å². The van der Waals surface area contributed by atoms with Crippen LogP contribution < -0.4 is 21.5 Å². The van der Waals surface area contributed by atoms with E-state index in [9.17, 15) is 9.59 Å². The first kappa shape index (κ1) is 18.3. The van der Waals surface area contributed by atoms with Crippen molar-refractivity contribution in [3.63, 3.8) is 0 Å². The van der Waals surface area contributed by atoms with E-state index >= 15 is 0 Å². The average Bonchev–Trinajstić information content (AvgIpc) is 3.29. The molecular formula is C15H22ClN3O3. The minimum absolute atomic E-state index is 0. The molecule has 0 bridgehead atoms. The highest BCUT2D eigenvalue weighted by atomic mass is 35.5. The number of primary amides is 1. The third-order valence-corrected chi connectivity index (χ3v) is 3.48. The summed E-state index contributed by atoms with van der Waals surface area (Å²) in [7, 11) is 0. The zero-order valence-electron chi connectivity index (χ0n) is 12.3. The van der Waals surface area contributed by atoms with Gasteiger partial charge in [-0.3, -0.25) is 9.59 Å². The molecule has 0 spiro atoms. The van der Waals surface area contributed by atoms with Gasteiger partial charge in [0, 0.05) is 18.2 Å². The average molecular weight is 328 g/mol. The van der Waals surface area contributed by atoms with Crippen LogP contribution in [0.5, 0.6) is 5.75 Å². The van der Waals surface area contributed by atoms with Crippen molar-refractivity contribution >= 4 is 24.2 Å². The molecule has 1 fully saturated rings. The Labute approximate surface area is 136 Å². The lowest BCUT2D eigenvalue weighted by atomic mass is 10.2. The predicted molar refractivity (Wildman–Crippen MR) is 86.0 cm³/mol. The number of hydrogen-bond donors (Lipinski definition) is 3. The number of ether oxygens (including phenoxy) is 1. The summed E-state index contributed by atoms with van der Waals surface area (Å²) < 4.78 is 5.43. The van der Waals surface area contributed by atoms with Gasteiger partial charge in [0.25, 0.3) is 0 Å². The molecule has 1 aliphatic carbocycles. The largest absolute Gasteiger partial charge is 0.493 e. The van der Waals surface area contributed by atoms with E-state index in [1.54, 1.807) is 24.3 Å². The molecule has 0 heterocycles. The van der Waals surface area contributed by atoms with Crippen LogP contribution in [-0.4, -0.2) is 31.0 Å². The Morgan fingerprint density at radius 2 is 2.09 bits per heavy atom. The Bertz CT molecular complexity index is 521. The van der Waals surface area contributed by atoms with E-state index in [2.05, 4.69) is 5.32 Å². The van der Waals surface area contributed by atoms with E-state index in [1.165, 1.54) is 0 Å². The second-order valence-electron chi connectivity index (χ2n) is 5.30. The summed E-state index contributed by atoms with van der Waals surface area (Å²) >= 11 is 0. The van der Waals surface area contributed by atoms with Crippen molar-refractivity contribution in [1.29, 1.82) is 0 Å². The maximum absolute atomic E-state index is 11.6. The quantitative estimate of drug-likeness (QED) is 0.657. The summed E-state index contributed by atoms with van der Waals surface area (Å²) in [6, 6.07) is 6.63. The maximum Gasteiger partial charge on any atom is 0.248 e. The molecule has 1 atom stereocenters. The summed E-state index contributed by atoms with van der Waals surface area (Å²) in [5.74, 6) is 0.497. The summed E-state index contributed by atoms with van der Waals surface area (Å²) in [5, 5.41) is 2.80. The van der Waals surface area contributed by atoms with Crippen molar-refractivity contribution in [3.8, 4) is 5.75 Å². The normalized spacial score (nSPS) is 14.6. The van der Waals surface area contributed by atoms with Gasteiger partial charge in [0.05, 0.1) is 13.0 Å². The molecule has 1 aliphatic rings. The van der Waals surface area contributed by atoms with Gasteiger partial charge in [-0.2, -0.15) is 0 Å². The van der Waals surface area contributed by atoms with Crippen molar-refractivity contribution in [2.24, 2.45) is 17.4 Å². The van der Waals surface area contributed by atoms with Crippen LogP contribution in [0.15, 0.2) is 24.3 Å². The van der Waals surface area contributed by atoms with Gasteiger partial charge in [-0.1, -0.05) is 6.07 Å². The van der Waals surface area contributed by atoms with Crippen molar-refractivity contribution in [2.45, 2.75) is 25.3 Å². The first-order valence-electron chi connectivity index (χ1n) is 7.11. The molecule has 0 aliphatic heterocycles. The smallest absolute Gasteiger partial charge is 0.248 e. The number of halogens is 1. The lowest BCUT2D eigenvalue weighted by molar-refractivity contribution is -0.121. The van der Waals surface area contributed by atoms with E-state index in [1.807, 2.05) is 0 Å². The molecular weight excluding hydrogens is 306 g/mol. The summed E-state index contributed by atoms with van der Waals surface area (Å²) in [6.45, 7) is 0.757. The molecule has 5 N–H and O–H groups in total. The number of rotatable bonds is 8. The van der Waals surface area contributed by atoms with Gasteiger partial charge in [0.15, 0.2) is 0 Å². The summed E-state index contributed by atoms with van der Waals surface area (Å²) in [4.78, 5) is 22.7. The molecule has 0 radical (unpaired) electrons. The highest BCUT2D eigenvalue weighted by Gasteiger charge is 2.28. The second kappa shape index (κ2) is 8.60. The van der Waals surface area contributed by atoms with Gasteiger partial charge < -0.3 is 21.5 Å². The molecule has 22 heavy (non-hydrogen) atoms. The molecule has 0 aromatic heterocycles. The van der Waals surface area contributed by atoms with E-state index in [0.29, 0.717) is 23.8 Å². The number of carbonyl (C=O) groups excluding carboxylic acids is 2. The van der Waals surface area contributed by atoms with E-state index < -0.39 is 5.91 Å². The van der Waals surface area contributed by atoms with Crippen LogP contribution in [0.3, 0.4) is 0 Å². The number of benzene rings is 1. The van der Waals surface area contributed by atoms with Gasteiger partial charge in [0.1, 0.15) is 5.75 Å². The van der Waals surface area contributed by atoms with E-state index in [0.717, 1.165) is 12.8 Å². The second-order valence-corrected chi connectivity index (χ2v) is 5.30. The van der Waals surface area contributed by atoms with Crippen LogP contribution in [-0.2, 0) is 4.79 Å². The Morgan fingerprint density at radius 3 is 2.73 bits per heavy atom. The lowest BCUT2D eigenvalue weighted by Crippen LogP contribution is -2.38. The number of carbonyl (C=O) groups is 2. The third-order valence-electron chi connectivity index (χ3n) is 3.48. The summed E-state index contributed by atoms with van der Waals surface area (Å²) in [6.07, 6.45) is 2.57. The monoisotopic (exact) mass is 327 g/mol. The Balaban J connectivity index is 0.00000242. The Morgan fingerprint density at radius 1 is 1.36 bits per heavy atom. The molecule has 0 saturated heterocycles. The number of nitrogens with two attached hydrogens (primary N) is 2. The molecule has 1 saturated carbocycles. The van der Waals surface area contributed by atoms with Crippen molar-refractivity contribution in [3.05, 3.63) is 29.8 Å². The molecule has 2 rings (SSSR count). The highest BCUT2D eigenvalue weighted by Crippen LogP contribution is 2.31. The fourth-order valence-electron chi connectivity index (χ4n) is 2.01. The number of amides is 2. The van der Waals surface area contributed by atoms with Crippen molar-refractivity contribution in [2.75, 3.05) is 13.2 Å². The van der Waals surface area contributed by atoms with Crippen LogP contribution in [0, 0.1) is 5.92 Å². The van der Waals surface area contributed by atoms with Crippen LogP contribution in [0.4, 0.5) is 0 Å². The van der Waals surface area contributed by atoms with Gasteiger partial charge in [-0.25, -0.2) is 0 Å². The minimum atomic E-state index is -0.507. The lowest BCUT2D eigenvalue weighted by Gasteiger charge is -2.12. The standard InChI is InChI=1S/C15H21N3O3.ClH/c16-13(10-4-5-10)9-18-14(19)6-7-21-12-3-1-2-11(8-12)15(17)20;/h1-3,8,10,13H,4-7,9,16H2,(H2,17,20)(H,18,19);1H. The zero-order chi connectivity index (χ0) is 15.2. The van der Waals surface area contributed by atoms with E-state index in [-0.39, 0.29) is 37.4 Å². The topological polar surface area (TPSA) is 107 Å². The minimum Gasteiger partial charge on any atom is -0.493 e. The number of nitrogens with one attached hydrogen (secondary N) is 1. The Hall–Kier alpha value is -1.79. The number of hydrogen-bond acceptors (Lipinski definition) is 4. The molecule has 1 aromatic carbocycles. The maximum atomic E-state index is 11.6. The molecule has 6 nitrogen and oxygen atoms in total. The molecule has 7 heteroatoms. The van der Waals surface area contributed by atoms with Crippen molar-refractivity contribution in [1.82, 2.24) is 5.32 Å². The molecule has 1 unspecified atom stereocenters. The van der Waals surface area contributed by atoms with Crippen molar-refractivity contribution < 1.29 is 14.3 Å². The molecule has 122 valence electrons. The van der Waals surface area contributed by atoms with Crippen LogP contribution in [0.2, 0.25) is 0 Å². The first-order valence-corrected chi connectivity index (χ1v) is 7.11. The summed E-state index contributed by atoms with van der Waals surface area (Å²) in [5.41, 5.74) is 11.5. The fraction of sp³-hybridized carbons (Fsp3) is 0.467. The van der Waals surface area contributed by atoms with Gasteiger partial charge in [-0.15, -0.1) is 12.4 Å². The SMILES string of the molecule is Cl.NC(=O)c1cccc(OCCC(=O)NCC(N)C2CC2)c1. The zero-order valence-corrected chi connectivity index (χ0v) is 13.1.